The second-order valence-electron chi connectivity index (χ2n) is 6.37. The summed E-state index contributed by atoms with van der Waals surface area (Å²) in [5.74, 6) is 1.38. The van der Waals surface area contributed by atoms with Crippen molar-refractivity contribution in [1.29, 1.82) is 0 Å². The van der Waals surface area contributed by atoms with Gasteiger partial charge in [-0.25, -0.2) is 8.57 Å². The van der Waals surface area contributed by atoms with Gasteiger partial charge in [0.2, 0.25) is 0 Å². The number of hydrogen-bond donors (Lipinski definition) is 0. The normalized spacial score (nSPS) is 14.2. The van der Waals surface area contributed by atoms with Crippen LogP contribution in [0.25, 0.3) is 0 Å². The van der Waals surface area contributed by atoms with E-state index in [1.807, 2.05) is 0 Å². The summed E-state index contributed by atoms with van der Waals surface area (Å²) in [6, 6.07) is 0. The van der Waals surface area contributed by atoms with Crippen molar-refractivity contribution in [2.75, 3.05) is 18.6 Å². The summed E-state index contributed by atoms with van der Waals surface area (Å²) in [6.45, 7) is 12.7. The zero-order valence-corrected chi connectivity index (χ0v) is 11.5. The lowest BCUT2D eigenvalue weighted by molar-refractivity contribution is 0.451. The molecule has 0 amide bonds. The molecule has 0 spiro atoms. The second-order valence-corrected chi connectivity index (χ2v) is 8.85. The molecular formula is C11H25NOS. The molecule has 0 aliphatic carbocycles. The van der Waals surface area contributed by atoms with E-state index in [1.54, 1.807) is 7.05 Å². The van der Waals surface area contributed by atoms with Crippen LogP contribution in [0.5, 0.6) is 0 Å². The summed E-state index contributed by atoms with van der Waals surface area (Å²) in [5, 5.41) is 0. The summed E-state index contributed by atoms with van der Waals surface area (Å²) >= 11 is 0. The molecule has 0 fully saturated rings. The number of rotatable bonds is 2. The number of hydrogen-bond acceptors (Lipinski definition) is 2. The third-order valence-corrected chi connectivity index (χ3v) is 4.95. The molecule has 0 aromatic heterocycles. The molecule has 2 nitrogen and oxygen atoms in total. The first-order valence-corrected chi connectivity index (χ1v) is 6.93. The Morgan fingerprint density at radius 2 is 1.21 bits per heavy atom. The molecule has 0 aliphatic heterocycles. The van der Waals surface area contributed by atoms with Gasteiger partial charge in [0.25, 0.3) is 0 Å². The third kappa shape index (κ3) is 6.41. The lowest BCUT2D eigenvalue weighted by Crippen LogP contribution is -2.28. The minimum atomic E-state index is -2.02. The highest BCUT2D eigenvalue weighted by Gasteiger charge is 2.24. The molecule has 0 rings (SSSR count). The van der Waals surface area contributed by atoms with E-state index in [4.69, 9.17) is 0 Å². The summed E-state index contributed by atoms with van der Waals surface area (Å²) < 4.78 is 16.5. The fourth-order valence-electron chi connectivity index (χ4n) is 1.53. The Morgan fingerprint density at radius 1 is 0.929 bits per heavy atom. The Hall–Kier alpha value is -0.0500. The maximum atomic E-state index is 12.4. The van der Waals surface area contributed by atoms with Crippen LogP contribution in [-0.2, 0) is 9.73 Å². The maximum absolute atomic E-state index is 12.4. The van der Waals surface area contributed by atoms with E-state index in [1.165, 1.54) is 0 Å². The van der Waals surface area contributed by atoms with E-state index >= 15 is 0 Å². The van der Waals surface area contributed by atoms with Crippen molar-refractivity contribution >= 4 is 9.73 Å². The highest BCUT2D eigenvalue weighted by atomic mass is 32.2. The predicted octanol–water partition coefficient (Wildman–Crippen LogP) is 3.18. The standard InChI is InChI=1S/C11H25NOS/c1-10(2,3)8-14(13,12-7)9-11(4,5)6/h8-9H2,1-7H3. The lowest BCUT2D eigenvalue weighted by atomic mass is 10.0. The van der Waals surface area contributed by atoms with Crippen LogP contribution in [0.15, 0.2) is 4.36 Å². The molecule has 86 valence electrons. The van der Waals surface area contributed by atoms with Gasteiger partial charge in [0.05, 0.1) is 0 Å². The maximum Gasteiger partial charge on any atom is 0.0475 e. The molecule has 0 saturated carbocycles. The quantitative estimate of drug-likeness (QED) is 0.701. The van der Waals surface area contributed by atoms with Gasteiger partial charge in [-0.3, -0.25) is 0 Å². The van der Waals surface area contributed by atoms with Gasteiger partial charge in [-0.05, 0) is 10.8 Å². The van der Waals surface area contributed by atoms with E-state index in [9.17, 15) is 4.21 Å². The van der Waals surface area contributed by atoms with Gasteiger partial charge in [-0.1, -0.05) is 41.5 Å². The topological polar surface area (TPSA) is 29.4 Å². The van der Waals surface area contributed by atoms with E-state index < -0.39 is 9.73 Å². The van der Waals surface area contributed by atoms with Crippen LogP contribution in [0.2, 0.25) is 0 Å². The highest BCUT2D eigenvalue weighted by Crippen LogP contribution is 2.24. The average Bonchev–Trinajstić information content (AvgIpc) is 1.78. The summed E-state index contributed by atoms with van der Waals surface area (Å²) in [7, 11) is -0.337. The molecule has 0 radical (unpaired) electrons. The molecular weight excluding hydrogens is 194 g/mol. The molecule has 0 aromatic carbocycles. The van der Waals surface area contributed by atoms with Crippen molar-refractivity contribution < 1.29 is 4.21 Å². The predicted molar refractivity (Wildman–Crippen MR) is 65.1 cm³/mol. The Bertz CT molecular complexity index is 263. The van der Waals surface area contributed by atoms with Crippen molar-refractivity contribution in [3.8, 4) is 0 Å². The molecule has 0 bridgehead atoms. The van der Waals surface area contributed by atoms with Crippen LogP contribution in [0, 0.1) is 10.8 Å². The fraction of sp³-hybridized carbons (Fsp3) is 1.00. The van der Waals surface area contributed by atoms with Gasteiger partial charge in [0.1, 0.15) is 0 Å². The molecule has 0 unspecified atom stereocenters. The molecule has 0 atom stereocenters. The summed E-state index contributed by atoms with van der Waals surface area (Å²) in [4.78, 5) is 0. The smallest absolute Gasteiger partial charge is 0.0475 e. The lowest BCUT2D eigenvalue weighted by Gasteiger charge is -2.26. The third-order valence-electron chi connectivity index (χ3n) is 1.65. The molecule has 0 aliphatic rings. The van der Waals surface area contributed by atoms with Gasteiger partial charge in [-0.2, -0.15) is 0 Å². The van der Waals surface area contributed by atoms with Crippen LogP contribution >= 0.6 is 0 Å². The Kier molecular flexibility index (Phi) is 4.20. The molecule has 3 heteroatoms. The van der Waals surface area contributed by atoms with Crippen molar-refractivity contribution in [3.63, 3.8) is 0 Å². The average molecular weight is 219 g/mol. The monoisotopic (exact) mass is 219 g/mol. The fourth-order valence-corrected chi connectivity index (χ4v) is 4.60. The highest BCUT2D eigenvalue weighted by molar-refractivity contribution is 7.93. The van der Waals surface area contributed by atoms with Gasteiger partial charge < -0.3 is 0 Å². The molecule has 0 N–H and O–H groups in total. The van der Waals surface area contributed by atoms with E-state index in [2.05, 4.69) is 45.9 Å². The zero-order chi connectivity index (χ0) is 11.6. The van der Waals surface area contributed by atoms with Crippen LogP contribution in [0.1, 0.15) is 41.5 Å². The van der Waals surface area contributed by atoms with Crippen molar-refractivity contribution in [3.05, 3.63) is 0 Å². The number of nitrogens with zero attached hydrogens (tertiary/aromatic N) is 1. The zero-order valence-electron chi connectivity index (χ0n) is 10.7. The first kappa shape index (κ1) is 13.9. The molecule has 0 aromatic rings. The van der Waals surface area contributed by atoms with Crippen LogP contribution < -0.4 is 0 Å². The van der Waals surface area contributed by atoms with Gasteiger partial charge in [0.15, 0.2) is 0 Å². The van der Waals surface area contributed by atoms with Crippen molar-refractivity contribution in [2.24, 2.45) is 15.2 Å². The Balaban J connectivity index is 4.79. The Labute approximate surface area is 89.7 Å². The SMILES string of the molecule is CN=S(=O)(CC(C)(C)C)CC(C)(C)C. The van der Waals surface area contributed by atoms with Crippen LogP contribution in [-0.4, -0.2) is 22.8 Å². The van der Waals surface area contributed by atoms with Crippen LogP contribution in [0.4, 0.5) is 0 Å². The van der Waals surface area contributed by atoms with E-state index in [0.717, 1.165) is 0 Å². The van der Waals surface area contributed by atoms with Crippen LogP contribution in [0.3, 0.4) is 0 Å². The van der Waals surface area contributed by atoms with Gasteiger partial charge in [0, 0.05) is 28.3 Å². The van der Waals surface area contributed by atoms with E-state index in [0.29, 0.717) is 11.5 Å². The minimum absolute atomic E-state index is 0.0852. The molecule has 0 heterocycles. The minimum Gasteiger partial charge on any atom is -0.250 e. The first-order valence-electron chi connectivity index (χ1n) is 5.08. The van der Waals surface area contributed by atoms with Crippen molar-refractivity contribution in [2.45, 2.75) is 41.5 Å². The molecule has 14 heavy (non-hydrogen) atoms. The van der Waals surface area contributed by atoms with Gasteiger partial charge in [-0.15, -0.1) is 0 Å². The Morgan fingerprint density at radius 3 is 1.36 bits per heavy atom. The summed E-state index contributed by atoms with van der Waals surface area (Å²) in [5.41, 5.74) is 0.170. The molecule has 0 saturated heterocycles. The summed E-state index contributed by atoms with van der Waals surface area (Å²) in [6.07, 6.45) is 0. The first-order chi connectivity index (χ1) is 5.97. The van der Waals surface area contributed by atoms with Gasteiger partial charge >= 0.3 is 0 Å². The second kappa shape index (κ2) is 4.21. The largest absolute Gasteiger partial charge is 0.250 e. The van der Waals surface area contributed by atoms with Crippen molar-refractivity contribution in [1.82, 2.24) is 0 Å². The van der Waals surface area contributed by atoms with E-state index in [-0.39, 0.29) is 10.8 Å².